The number of hydrogen-bond donors (Lipinski definition) is 1. The van der Waals surface area contributed by atoms with E-state index >= 15 is 0 Å². The number of carbonyl (C=O) groups excluding carboxylic acids is 1. The number of nitro benzene ring substituents is 1. The highest BCUT2D eigenvalue weighted by Crippen LogP contribution is 2.34. The fourth-order valence-corrected chi connectivity index (χ4v) is 2.87. The Balaban J connectivity index is 1.86. The fourth-order valence-electron chi connectivity index (χ4n) is 2.70. The predicted molar refractivity (Wildman–Crippen MR) is 109 cm³/mol. The van der Waals surface area contributed by atoms with Gasteiger partial charge < -0.3 is 9.73 Å². The van der Waals surface area contributed by atoms with Crippen LogP contribution in [0.25, 0.3) is 17.4 Å². The molecule has 3 aromatic rings. The highest BCUT2D eigenvalue weighted by molar-refractivity contribution is 6.30. The first-order chi connectivity index (χ1) is 15.1. The van der Waals surface area contributed by atoms with Crippen molar-refractivity contribution in [2.45, 2.75) is 6.18 Å². The first-order valence-electron chi connectivity index (χ1n) is 8.73. The highest BCUT2D eigenvalue weighted by atomic mass is 35.5. The van der Waals surface area contributed by atoms with Crippen LogP contribution in [0.2, 0.25) is 5.02 Å². The number of amides is 1. The maximum absolute atomic E-state index is 12.8. The number of anilines is 1. The number of nitrogens with one attached hydrogen (secondary N) is 1. The minimum Gasteiger partial charge on any atom is -0.456 e. The molecule has 11 heteroatoms. The van der Waals surface area contributed by atoms with Crippen molar-refractivity contribution in [2.75, 3.05) is 5.32 Å². The van der Waals surface area contributed by atoms with Crippen molar-refractivity contribution in [2.24, 2.45) is 0 Å². The van der Waals surface area contributed by atoms with E-state index in [9.17, 15) is 33.3 Å². The first kappa shape index (κ1) is 22.6. The second kappa shape index (κ2) is 8.95. The fraction of sp³-hybridized carbons (Fsp3) is 0.0476. The van der Waals surface area contributed by atoms with Crippen LogP contribution in [0.1, 0.15) is 11.3 Å². The summed E-state index contributed by atoms with van der Waals surface area (Å²) in [6, 6.07) is 12.3. The normalized spacial score (nSPS) is 11.7. The van der Waals surface area contributed by atoms with Gasteiger partial charge in [0.15, 0.2) is 0 Å². The van der Waals surface area contributed by atoms with Crippen molar-refractivity contribution in [3.05, 3.63) is 86.6 Å². The smallest absolute Gasteiger partial charge is 0.416 e. The number of furan rings is 1. The lowest BCUT2D eigenvalue weighted by Crippen LogP contribution is -2.14. The number of halogens is 4. The van der Waals surface area contributed by atoms with Gasteiger partial charge in [-0.25, -0.2) is 0 Å². The largest absolute Gasteiger partial charge is 0.456 e. The molecule has 2 aromatic carbocycles. The lowest BCUT2D eigenvalue weighted by atomic mass is 10.1. The summed E-state index contributed by atoms with van der Waals surface area (Å²) in [6.07, 6.45) is -3.53. The molecule has 1 aromatic heterocycles. The van der Waals surface area contributed by atoms with Gasteiger partial charge in [-0.2, -0.15) is 18.4 Å². The second-order valence-corrected chi connectivity index (χ2v) is 6.76. The Labute approximate surface area is 183 Å². The van der Waals surface area contributed by atoms with Crippen molar-refractivity contribution in [1.82, 2.24) is 0 Å². The third kappa shape index (κ3) is 5.14. The molecule has 0 spiro atoms. The molecule has 0 saturated carbocycles. The molecule has 0 radical (unpaired) electrons. The van der Waals surface area contributed by atoms with E-state index in [-0.39, 0.29) is 33.5 Å². The molecule has 0 aliphatic rings. The predicted octanol–water partition coefficient (Wildman–Crippen LogP) is 6.07. The van der Waals surface area contributed by atoms with Crippen LogP contribution in [0.3, 0.4) is 0 Å². The van der Waals surface area contributed by atoms with Crippen LogP contribution < -0.4 is 5.32 Å². The van der Waals surface area contributed by atoms with Crippen LogP contribution in [0.15, 0.2) is 64.6 Å². The summed E-state index contributed by atoms with van der Waals surface area (Å²) >= 11 is 5.79. The van der Waals surface area contributed by atoms with E-state index in [0.29, 0.717) is 0 Å². The number of nitriles is 1. The van der Waals surface area contributed by atoms with Crippen LogP contribution >= 0.6 is 11.6 Å². The Hall–Kier alpha value is -4.10. The Bertz CT molecular complexity index is 1280. The van der Waals surface area contributed by atoms with Crippen LogP contribution in [-0.2, 0) is 11.0 Å². The molecule has 0 unspecified atom stereocenters. The number of rotatable bonds is 5. The van der Waals surface area contributed by atoms with Crippen LogP contribution in [0, 0.1) is 21.4 Å². The minimum atomic E-state index is -4.59. The Kier molecular flexibility index (Phi) is 6.32. The molecule has 1 heterocycles. The first-order valence-corrected chi connectivity index (χ1v) is 9.11. The Morgan fingerprint density at radius 1 is 1.19 bits per heavy atom. The van der Waals surface area contributed by atoms with Gasteiger partial charge in [-0.05, 0) is 42.5 Å². The van der Waals surface area contributed by atoms with E-state index in [1.165, 1.54) is 30.3 Å². The molecule has 0 bridgehead atoms. The standard InChI is InChI=1S/C21H11ClF3N3O4/c22-14-4-6-17(18(10-14)28(30)31)19-7-5-16(32-19)8-12(11-26)20(29)27-15-3-1-2-13(9-15)21(23,24)25/h1-10H,(H,27,29)/b12-8-. The van der Waals surface area contributed by atoms with Crippen molar-refractivity contribution in [3.8, 4) is 17.4 Å². The molecule has 1 amide bonds. The summed E-state index contributed by atoms with van der Waals surface area (Å²) in [7, 11) is 0. The van der Waals surface area contributed by atoms with E-state index < -0.39 is 28.1 Å². The van der Waals surface area contributed by atoms with E-state index in [2.05, 4.69) is 5.32 Å². The molecular formula is C21H11ClF3N3O4. The average Bonchev–Trinajstić information content (AvgIpc) is 3.19. The molecule has 0 aliphatic carbocycles. The lowest BCUT2D eigenvalue weighted by Gasteiger charge is -2.09. The summed E-state index contributed by atoms with van der Waals surface area (Å²) in [5, 5.41) is 22.9. The van der Waals surface area contributed by atoms with Gasteiger partial charge in [-0.15, -0.1) is 0 Å². The quantitative estimate of drug-likeness (QED) is 0.214. The third-order valence-corrected chi connectivity index (χ3v) is 4.38. The third-order valence-electron chi connectivity index (χ3n) is 4.15. The second-order valence-electron chi connectivity index (χ2n) is 6.32. The average molecular weight is 462 g/mol. The number of nitrogens with zero attached hydrogens (tertiary/aromatic N) is 2. The zero-order valence-corrected chi connectivity index (χ0v) is 16.6. The SMILES string of the molecule is N#C/C(=C/c1ccc(-c2ccc(Cl)cc2[N+](=O)[O-])o1)C(=O)Nc1cccc(C(F)(F)F)c1. The highest BCUT2D eigenvalue weighted by Gasteiger charge is 2.30. The molecule has 0 saturated heterocycles. The zero-order valence-electron chi connectivity index (χ0n) is 15.8. The molecule has 7 nitrogen and oxygen atoms in total. The molecular weight excluding hydrogens is 451 g/mol. The van der Waals surface area contributed by atoms with Crippen molar-refractivity contribution < 1.29 is 27.3 Å². The van der Waals surface area contributed by atoms with E-state index in [1.54, 1.807) is 6.07 Å². The minimum absolute atomic E-state index is 0.0278. The molecule has 32 heavy (non-hydrogen) atoms. The topological polar surface area (TPSA) is 109 Å². The number of hydrogen-bond acceptors (Lipinski definition) is 5. The monoisotopic (exact) mass is 461 g/mol. The van der Waals surface area contributed by atoms with Crippen molar-refractivity contribution in [3.63, 3.8) is 0 Å². The van der Waals surface area contributed by atoms with Gasteiger partial charge >= 0.3 is 6.18 Å². The van der Waals surface area contributed by atoms with Gasteiger partial charge in [0, 0.05) is 22.9 Å². The van der Waals surface area contributed by atoms with Gasteiger partial charge in [-0.3, -0.25) is 14.9 Å². The summed E-state index contributed by atoms with van der Waals surface area (Å²) in [5.41, 5.74) is -1.73. The summed E-state index contributed by atoms with van der Waals surface area (Å²) in [4.78, 5) is 23.0. The summed E-state index contributed by atoms with van der Waals surface area (Å²) in [6.45, 7) is 0. The summed E-state index contributed by atoms with van der Waals surface area (Å²) < 4.78 is 44.0. The molecule has 0 aliphatic heterocycles. The Morgan fingerprint density at radius 2 is 1.94 bits per heavy atom. The molecule has 162 valence electrons. The van der Waals surface area contributed by atoms with E-state index in [4.69, 9.17) is 16.0 Å². The van der Waals surface area contributed by atoms with Gasteiger partial charge in [0.2, 0.25) is 0 Å². The number of benzene rings is 2. The van der Waals surface area contributed by atoms with Crippen LogP contribution in [0.5, 0.6) is 0 Å². The van der Waals surface area contributed by atoms with Crippen LogP contribution in [-0.4, -0.2) is 10.8 Å². The Morgan fingerprint density at radius 3 is 2.59 bits per heavy atom. The molecule has 3 rings (SSSR count). The maximum atomic E-state index is 12.8. The maximum Gasteiger partial charge on any atom is 0.416 e. The van der Waals surface area contributed by atoms with E-state index in [0.717, 1.165) is 30.3 Å². The molecule has 0 atom stereocenters. The van der Waals surface area contributed by atoms with Gasteiger partial charge in [0.25, 0.3) is 11.6 Å². The molecule has 0 fully saturated rings. The van der Waals surface area contributed by atoms with Crippen molar-refractivity contribution >= 4 is 35.0 Å². The summed E-state index contributed by atoms with van der Waals surface area (Å²) in [5.74, 6) is -0.836. The number of carbonyl (C=O) groups is 1. The zero-order chi connectivity index (χ0) is 23.5. The van der Waals surface area contributed by atoms with E-state index in [1.807, 2.05) is 0 Å². The lowest BCUT2D eigenvalue weighted by molar-refractivity contribution is -0.384. The number of nitro groups is 1. The van der Waals surface area contributed by atoms with Gasteiger partial charge in [-0.1, -0.05) is 17.7 Å². The van der Waals surface area contributed by atoms with Gasteiger partial charge in [0.1, 0.15) is 23.2 Å². The van der Waals surface area contributed by atoms with Crippen LogP contribution in [0.4, 0.5) is 24.5 Å². The van der Waals surface area contributed by atoms with Crippen molar-refractivity contribution in [1.29, 1.82) is 5.26 Å². The molecule has 1 N–H and O–H groups in total. The number of alkyl halides is 3. The van der Waals surface area contributed by atoms with Gasteiger partial charge in [0.05, 0.1) is 16.1 Å².